The minimum atomic E-state index is -0.167. The van der Waals surface area contributed by atoms with Gasteiger partial charge < -0.3 is 30.2 Å². The Kier molecular flexibility index (Phi) is 14.9. The molecular weight excluding hydrogens is 741 g/mol. The first kappa shape index (κ1) is 38.0. The van der Waals surface area contributed by atoms with E-state index in [-0.39, 0.29) is 18.3 Å². The zero-order valence-electron chi connectivity index (χ0n) is 26.5. The van der Waals surface area contributed by atoms with Crippen LogP contribution >= 0.6 is 69.6 Å². The molecule has 48 heavy (non-hydrogen) atoms. The van der Waals surface area contributed by atoms with E-state index in [4.69, 9.17) is 83.8 Å². The Morgan fingerprint density at radius 3 is 0.875 bits per heavy atom. The molecule has 0 aromatic heterocycles. The summed E-state index contributed by atoms with van der Waals surface area (Å²) in [6, 6.07) is 15.9. The number of nitrogens with one attached hydrogen (secondary N) is 3. The van der Waals surface area contributed by atoms with Crippen LogP contribution in [0.25, 0.3) is 0 Å². The highest BCUT2D eigenvalue weighted by molar-refractivity contribution is 6.38. The third kappa shape index (κ3) is 10.9. The topological polar surface area (TPSA) is 101 Å². The van der Waals surface area contributed by atoms with Gasteiger partial charge in [-0.3, -0.25) is 15.0 Å². The molecule has 3 aromatic rings. The van der Waals surface area contributed by atoms with E-state index in [1.54, 1.807) is 54.6 Å². The predicted octanol–water partition coefficient (Wildman–Crippen LogP) is 8.29. The monoisotopic (exact) mass is 774 g/mol. The highest BCUT2D eigenvalue weighted by Crippen LogP contribution is 2.35. The molecule has 0 aliphatic carbocycles. The third-order valence-electron chi connectivity index (χ3n) is 6.90. The lowest BCUT2D eigenvalue weighted by Gasteiger charge is -2.16. The van der Waals surface area contributed by atoms with Crippen molar-refractivity contribution in [1.82, 2.24) is 16.0 Å². The van der Waals surface area contributed by atoms with Crippen LogP contribution in [-0.4, -0.2) is 75.1 Å². The van der Waals surface area contributed by atoms with Crippen molar-refractivity contribution < 1.29 is 14.2 Å². The van der Waals surface area contributed by atoms with Crippen molar-refractivity contribution in [3.05, 3.63) is 84.7 Å². The molecule has 3 atom stereocenters. The number of rotatable bonds is 9. The Morgan fingerprint density at radius 1 is 0.458 bits per heavy atom. The Morgan fingerprint density at radius 2 is 0.688 bits per heavy atom. The molecule has 15 heteroatoms. The zero-order valence-corrected chi connectivity index (χ0v) is 31.0. The maximum atomic E-state index is 6.01. The summed E-state index contributed by atoms with van der Waals surface area (Å²) < 4.78 is 17.1. The van der Waals surface area contributed by atoms with Crippen LogP contribution in [0.1, 0.15) is 20.8 Å². The normalized spacial score (nSPS) is 16.6. The van der Waals surface area contributed by atoms with Gasteiger partial charge in [0.15, 0.2) is 35.6 Å². The van der Waals surface area contributed by atoms with Gasteiger partial charge in [-0.2, -0.15) is 0 Å². The first-order chi connectivity index (χ1) is 23.0. The zero-order chi connectivity index (χ0) is 34.6. The summed E-state index contributed by atoms with van der Waals surface area (Å²) >= 11 is 36.1. The predicted molar refractivity (Wildman–Crippen MR) is 201 cm³/mol. The molecule has 0 radical (unpaired) electrons. The minimum absolute atomic E-state index is 0.167. The number of aliphatic imine (C=N–C) groups is 3. The van der Waals surface area contributed by atoms with Crippen LogP contribution in [0.5, 0.6) is 17.2 Å². The summed E-state index contributed by atoms with van der Waals surface area (Å²) in [7, 11) is 0. The first-order valence-corrected chi connectivity index (χ1v) is 17.5. The standard InChI is InChI=1S/3C11H12Cl2N2O/c3*1-7(11-14-5-6-15-11)16-10-8(12)3-2-4-9(10)13/h3*2-4,7H,5-6H2,1H3,(H,14,15)/t2*7-;/m10./s1. The molecule has 0 amide bonds. The van der Waals surface area contributed by atoms with E-state index >= 15 is 0 Å². The Bertz CT molecular complexity index is 1390. The maximum absolute atomic E-state index is 6.01. The highest BCUT2D eigenvalue weighted by atomic mass is 35.5. The number of para-hydroxylation sites is 3. The van der Waals surface area contributed by atoms with E-state index < -0.39 is 0 Å². The van der Waals surface area contributed by atoms with Crippen molar-refractivity contribution in [1.29, 1.82) is 0 Å². The molecule has 3 aliphatic rings. The smallest absolute Gasteiger partial charge is 0.157 e. The van der Waals surface area contributed by atoms with Gasteiger partial charge in [-0.05, 0) is 57.2 Å². The number of benzene rings is 3. The molecule has 3 heterocycles. The van der Waals surface area contributed by atoms with Gasteiger partial charge in [0.05, 0.1) is 49.8 Å². The molecule has 3 N–H and O–H groups in total. The number of halogens is 6. The van der Waals surface area contributed by atoms with Crippen LogP contribution in [0.4, 0.5) is 0 Å². The molecule has 258 valence electrons. The minimum Gasteiger partial charge on any atom is -0.480 e. The molecule has 3 aliphatic heterocycles. The summed E-state index contributed by atoms with van der Waals surface area (Å²) in [5.41, 5.74) is 0. The van der Waals surface area contributed by atoms with Crippen molar-refractivity contribution in [3.63, 3.8) is 0 Å². The van der Waals surface area contributed by atoms with Gasteiger partial charge in [-0.15, -0.1) is 0 Å². The molecule has 9 nitrogen and oxygen atoms in total. The van der Waals surface area contributed by atoms with Crippen molar-refractivity contribution in [2.24, 2.45) is 15.0 Å². The van der Waals surface area contributed by atoms with E-state index in [1.165, 1.54) is 0 Å². The number of hydrogen-bond acceptors (Lipinski definition) is 9. The van der Waals surface area contributed by atoms with E-state index in [0.29, 0.717) is 47.4 Å². The lowest BCUT2D eigenvalue weighted by molar-refractivity contribution is 0.284. The second-order valence-corrected chi connectivity index (χ2v) is 13.0. The second kappa shape index (κ2) is 18.8. The molecular formula is C33H36Cl6N6O3. The fourth-order valence-corrected chi connectivity index (χ4v) is 6.01. The molecule has 0 bridgehead atoms. The van der Waals surface area contributed by atoms with Crippen molar-refractivity contribution in [2.75, 3.05) is 39.3 Å². The van der Waals surface area contributed by atoms with Crippen LogP contribution < -0.4 is 30.2 Å². The second-order valence-electron chi connectivity index (χ2n) is 10.5. The molecule has 3 aromatic carbocycles. The summed E-state index contributed by atoms with van der Waals surface area (Å²) in [6.07, 6.45) is -0.500. The number of nitrogens with zero attached hydrogens (tertiary/aromatic N) is 3. The highest BCUT2D eigenvalue weighted by Gasteiger charge is 2.20. The van der Waals surface area contributed by atoms with Crippen LogP contribution in [0.3, 0.4) is 0 Å². The van der Waals surface area contributed by atoms with Crippen molar-refractivity contribution in [2.45, 2.75) is 39.1 Å². The molecule has 0 saturated carbocycles. The third-order valence-corrected chi connectivity index (χ3v) is 8.68. The summed E-state index contributed by atoms with van der Waals surface area (Å²) in [5, 5.41) is 12.5. The SMILES string of the molecule is CC(Oc1c(Cl)cccc1Cl)C1=NCCN1.C[C@@H](Oc1c(Cl)cccc1Cl)C1=NCCN1.C[C@H](Oc1c(Cl)cccc1Cl)C1=NCCN1. The van der Waals surface area contributed by atoms with Crippen LogP contribution in [0.15, 0.2) is 69.6 Å². The molecule has 6 rings (SSSR count). The number of ether oxygens (including phenoxy) is 3. The molecule has 0 fully saturated rings. The maximum Gasteiger partial charge on any atom is 0.157 e. The fraction of sp³-hybridized carbons (Fsp3) is 0.364. The Labute approximate surface area is 311 Å². The van der Waals surface area contributed by atoms with E-state index in [1.807, 2.05) is 20.8 Å². The lowest BCUT2D eigenvalue weighted by atomic mass is 10.3. The Balaban J connectivity index is 0.000000163. The van der Waals surface area contributed by atoms with Gasteiger partial charge in [0.25, 0.3) is 0 Å². The van der Waals surface area contributed by atoms with Crippen LogP contribution in [0.2, 0.25) is 30.1 Å². The first-order valence-electron chi connectivity index (χ1n) is 15.2. The van der Waals surface area contributed by atoms with Gasteiger partial charge >= 0.3 is 0 Å². The van der Waals surface area contributed by atoms with Gasteiger partial charge in [-0.25, -0.2) is 0 Å². The average molecular weight is 777 g/mol. The average Bonchev–Trinajstić information content (AvgIpc) is 3.88. The van der Waals surface area contributed by atoms with Gasteiger partial charge in [0, 0.05) is 19.6 Å². The van der Waals surface area contributed by atoms with Crippen molar-refractivity contribution in [3.8, 4) is 17.2 Å². The quantitative estimate of drug-likeness (QED) is 0.202. The summed E-state index contributed by atoms with van der Waals surface area (Å²) in [6.45, 7) is 10.7. The largest absolute Gasteiger partial charge is 0.480 e. The van der Waals surface area contributed by atoms with Gasteiger partial charge in [-0.1, -0.05) is 87.8 Å². The Hall–Kier alpha value is -2.79. The summed E-state index contributed by atoms with van der Waals surface area (Å²) in [4.78, 5) is 12.9. The van der Waals surface area contributed by atoms with Gasteiger partial charge in [0.2, 0.25) is 0 Å². The number of hydrogen-bond donors (Lipinski definition) is 3. The summed E-state index contributed by atoms with van der Waals surface area (Å²) in [5.74, 6) is 4.06. The molecule has 1 unspecified atom stereocenters. The van der Waals surface area contributed by atoms with Crippen molar-refractivity contribution >= 4 is 87.1 Å². The van der Waals surface area contributed by atoms with E-state index in [0.717, 1.165) is 56.8 Å². The molecule has 0 spiro atoms. The van der Waals surface area contributed by atoms with Gasteiger partial charge in [0.1, 0.15) is 17.5 Å². The van der Waals surface area contributed by atoms with E-state index in [2.05, 4.69) is 30.9 Å². The molecule has 0 saturated heterocycles. The lowest BCUT2D eigenvalue weighted by Crippen LogP contribution is -2.33. The van der Waals surface area contributed by atoms with Crippen LogP contribution in [-0.2, 0) is 0 Å². The van der Waals surface area contributed by atoms with E-state index in [9.17, 15) is 0 Å². The van der Waals surface area contributed by atoms with Crippen LogP contribution in [0, 0.1) is 0 Å². The fourth-order valence-electron chi connectivity index (χ4n) is 4.55. The number of amidine groups is 3.